The van der Waals surface area contributed by atoms with Gasteiger partial charge in [-0.2, -0.15) is 0 Å². The van der Waals surface area contributed by atoms with Gasteiger partial charge in [0.2, 0.25) is 0 Å². The molecule has 3 heterocycles. The van der Waals surface area contributed by atoms with Crippen LogP contribution < -0.4 is 4.74 Å². The normalized spacial score (nSPS) is 44.7. The van der Waals surface area contributed by atoms with Crippen molar-refractivity contribution in [2.45, 2.75) is 94.0 Å². The molecule has 2 saturated carbocycles. The predicted octanol–water partition coefficient (Wildman–Crippen LogP) is 2.85. The van der Waals surface area contributed by atoms with E-state index in [0.717, 1.165) is 31.4 Å². The fraction of sp³-hybridized carbons (Fsp3) is 0.710. The smallest absolute Gasteiger partial charge is 0.315 e. The molecule has 0 radical (unpaired) electrons. The molecule has 1 aromatic rings. The van der Waals surface area contributed by atoms with Gasteiger partial charge in [0.1, 0.15) is 23.4 Å². The molecule has 0 amide bonds. The van der Waals surface area contributed by atoms with Gasteiger partial charge in [-0.05, 0) is 81.0 Å². The number of aliphatic hydroxyl groups is 2. The zero-order valence-electron chi connectivity index (χ0n) is 23.4. The highest BCUT2D eigenvalue weighted by Gasteiger charge is 2.72. The van der Waals surface area contributed by atoms with E-state index in [2.05, 4.69) is 18.7 Å². The number of carbonyl (C=O) groups excluding carboxylic acids is 1. The number of hydrogen-bond acceptors (Lipinski definition) is 9. The van der Waals surface area contributed by atoms with Gasteiger partial charge < -0.3 is 38.6 Å². The van der Waals surface area contributed by atoms with Crippen LogP contribution in [0.1, 0.15) is 56.6 Å². The zero-order chi connectivity index (χ0) is 28.0. The van der Waals surface area contributed by atoms with E-state index in [4.69, 9.17) is 28.4 Å². The van der Waals surface area contributed by atoms with Crippen molar-refractivity contribution >= 4 is 5.97 Å². The average molecular weight is 557 g/mol. The number of ether oxygens (including phenoxy) is 6. The van der Waals surface area contributed by atoms with E-state index in [1.54, 1.807) is 21.0 Å². The first kappa shape index (κ1) is 26.9. The number of carbonyl (C=O) groups is 1. The monoisotopic (exact) mass is 556 g/mol. The van der Waals surface area contributed by atoms with Gasteiger partial charge in [0.05, 0.1) is 25.9 Å². The maximum atomic E-state index is 14.7. The second-order valence-electron chi connectivity index (χ2n) is 13.0. The second kappa shape index (κ2) is 9.24. The lowest BCUT2D eigenvalue weighted by Crippen LogP contribution is -2.56. The molecular weight excluding hydrogens is 516 g/mol. The first-order valence-corrected chi connectivity index (χ1v) is 14.6. The molecule has 2 bridgehead atoms. The SMILES string of the molecule is C=C[C@H]1CC[C@@H]2[C@@H]3CCc4cc(OC)ccc4[C@@H]3[C@@]3(C(=O)O[C@@H]4[C@H]5OC(C)(C)O[C@H]5O[C@@H]4[C@H](O)CO)CO[C@]21C3. The van der Waals surface area contributed by atoms with Crippen LogP contribution in [0, 0.1) is 23.2 Å². The van der Waals surface area contributed by atoms with E-state index in [9.17, 15) is 15.0 Å². The Labute approximate surface area is 234 Å². The van der Waals surface area contributed by atoms with E-state index < -0.39 is 54.1 Å². The van der Waals surface area contributed by atoms with Crippen LogP contribution in [0.25, 0.3) is 0 Å². The summed E-state index contributed by atoms with van der Waals surface area (Å²) in [6.07, 6.45) is 1.81. The van der Waals surface area contributed by atoms with Crippen molar-refractivity contribution in [1.29, 1.82) is 0 Å². The summed E-state index contributed by atoms with van der Waals surface area (Å²) in [5, 5.41) is 20.3. The van der Waals surface area contributed by atoms with Crippen LogP contribution in [0.4, 0.5) is 0 Å². The zero-order valence-corrected chi connectivity index (χ0v) is 23.4. The van der Waals surface area contributed by atoms with Gasteiger partial charge in [0.15, 0.2) is 24.3 Å². The Morgan fingerprint density at radius 1 is 1.25 bits per heavy atom. The molecule has 3 saturated heterocycles. The molecule has 2 N–H and O–H groups in total. The molecule has 6 aliphatic rings. The maximum absolute atomic E-state index is 14.7. The third-order valence-corrected chi connectivity index (χ3v) is 10.7. The molecule has 3 aliphatic heterocycles. The molecule has 0 aromatic heterocycles. The second-order valence-corrected chi connectivity index (χ2v) is 13.0. The van der Waals surface area contributed by atoms with Crippen LogP contribution in [0.15, 0.2) is 30.9 Å². The van der Waals surface area contributed by atoms with Crippen LogP contribution in [-0.2, 0) is 34.9 Å². The molecule has 218 valence electrons. The summed E-state index contributed by atoms with van der Waals surface area (Å²) in [6.45, 7) is 7.40. The van der Waals surface area contributed by atoms with Gasteiger partial charge >= 0.3 is 5.97 Å². The first-order valence-electron chi connectivity index (χ1n) is 14.6. The fourth-order valence-corrected chi connectivity index (χ4v) is 9.19. The summed E-state index contributed by atoms with van der Waals surface area (Å²) in [5.41, 5.74) is 1.03. The number of fused-ring (bicyclic) bond motifs is 7. The van der Waals surface area contributed by atoms with Crippen LogP contribution in [0.3, 0.4) is 0 Å². The summed E-state index contributed by atoms with van der Waals surface area (Å²) < 4.78 is 36.6. The molecule has 9 heteroatoms. The summed E-state index contributed by atoms with van der Waals surface area (Å²) >= 11 is 0. The van der Waals surface area contributed by atoms with Crippen molar-refractivity contribution in [2.75, 3.05) is 20.3 Å². The van der Waals surface area contributed by atoms with Crippen molar-refractivity contribution in [1.82, 2.24) is 0 Å². The van der Waals surface area contributed by atoms with Crippen LogP contribution in [-0.4, -0.2) is 78.6 Å². The fourth-order valence-electron chi connectivity index (χ4n) is 9.19. The van der Waals surface area contributed by atoms with E-state index in [1.165, 1.54) is 11.1 Å². The molecule has 9 nitrogen and oxygen atoms in total. The van der Waals surface area contributed by atoms with E-state index >= 15 is 0 Å². The summed E-state index contributed by atoms with van der Waals surface area (Å²) in [7, 11) is 1.67. The lowest BCUT2D eigenvalue weighted by Gasteiger charge is -2.53. The molecule has 3 aliphatic carbocycles. The summed E-state index contributed by atoms with van der Waals surface area (Å²) in [4.78, 5) is 14.7. The largest absolute Gasteiger partial charge is 0.497 e. The number of hydrogen-bond donors (Lipinski definition) is 2. The minimum absolute atomic E-state index is 0.0737. The molecule has 5 fully saturated rings. The maximum Gasteiger partial charge on any atom is 0.315 e. The van der Waals surface area contributed by atoms with Crippen molar-refractivity contribution in [3.8, 4) is 5.75 Å². The number of benzene rings is 1. The molecule has 7 rings (SSSR count). The quantitative estimate of drug-likeness (QED) is 0.403. The Morgan fingerprint density at radius 3 is 2.83 bits per heavy atom. The highest BCUT2D eigenvalue weighted by molar-refractivity contribution is 5.80. The number of aryl methyl sites for hydroxylation is 1. The van der Waals surface area contributed by atoms with Crippen LogP contribution in [0.2, 0.25) is 0 Å². The van der Waals surface area contributed by atoms with Gasteiger partial charge in [-0.15, -0.1) is 6.58 Å². The molecular formula is C31H40O9. The molecule has 0 unspecified atom stereocenters. The van der Waals surface area contributed by atoms with Gasteiger partial charge in [-0.3, -0.25) is 4.79 Å². The van der Waals surface area contributed by atoms with Gasteiger partial charge in [-0.25, -0.2) is 0 Å². The lowest BCUT2D eigenvalue weighted by molar-refractivity contribution is -0.233. The highest BCUT2D eigenvalue weighted by atomic mass is 16.8. The molecule has 11 atom stereocenters. The topological polar surface area (TPSA) is 113 Å². The van der Waals surface area contributed by atoms with Crippen LogP contribution in [0.5, 0.6) is 5.75 Å². The van der Waals surface area contributed by atoms with Crippen molar-refractivity contribution in [3.63, 3.8) is 0 Å². The number of esters is 1. The Balaban J connectivity index is 1.29. The number of rotatable bonds is 6. The van der Waals surface area contributed by atoms with E-state index in [1.807, 2.05) is 12.1 Å². The Kier molecular flexibility index (Phi) is 6.21. The minimum atomic E-state index is -1.26. The standard InChI is InChI=1S/C31H40O9/c1-5-17-7-11-21-20-9-6-16-12-18(35-4)8-10-19(16)23(20)30(14-31(17,21)36-15-30)28(34)38-25-24(22(33)13-32)37-27-26(25)39-29(2,3)40-27/h5,8,10,12,17,20-27,32-33H,1,6-7,9,11,13-15H2,2-4H3/t17-,20-,21+,22+,23-,24+,25-,26+,27+,30-,31-/m0/s1. The first-order chi connectivity index (χ1) is 19.2. The van der Waals surface area contributed by atoms with Crippen LogP contribution >= 0.6 is 0 Å². The Bertz CT molecular complexity index is 1200. The number of aliphatic hydroxyl groups excluding tert-OH is 2. The van der Waals surface area contributed by atoms with Crippen molar-refractivity contribution in [3.05, 3.63) is 42.0 Å². The predicted molar refractivity (Wildman–Crippen MR) is 141 cm³/mol. The summed E-state index contributed by atoms with van der Waals surface area (Å²) in [5.74, 6) is 0.232. The molecule has 40 heavy (non-hydrogen) atoms. The van der Waals surface area contributed by atoms with Gasteiger partial charge in [0, 0.05) is 11.8 Å². The highest BCUT2D eigenvalue weighted by Crippen LogP contribution is 2.70. The minimum Gasteiger partial charge on any atom is -0.497 e. The Hall–Kier alpha value is -2.01. The summed E-state index contributed by atoms with van der Waals surface area (Å²) in [6, 6.07) is 6.20. The molecule has 1 spiro atoms. The Morgan fingerprint density at radius 2 is 2.08 bits per heavy atom. The van der Waals surface area contributed by atoms with Gasteiger partial charge in [0.25, 0.3) is 0 Å². The third-order valence-electron chi connectivity index (χ3n) is 10.7. The van der Waals surface area contributed by atoms with Gasteiger partial charge in [-0.1, -0.05) is 12.1 Å². The average Bonchev–Trinajstić information content (AvgIpc) is 3.67. The van der Waals surface area contributed by atoms with Crippen molar-refractivity contribution < 1.29 is 43.4 Å². The van der Waals surface area contributed by atoms with Crippen molar-refractivity contribution in [2.24, 2.45) is 23.2 Å². The number of methoxy groups -OCH3 is 1. The lowest BCUT2D eigenvalue weighted by atomic mass is 9.50. The van der Waals surface area contributed by atoms with E-state index in [0.29, 0.717) is 12.3 Å². The molecule has 1 aromatic carbocycles. The van der Waals surface area contributed by atoms with E-state index in [-0.39, 0.29) is 30.3 Å². The third kappa shape index (κ3) is 3.64.